The number of alkyl halides is 3. The molecule has 2 saturated carbocycles. The Morgan fingerprint density at radius 3 is 2.31 bits per heavy atom. The lowest BCUT2D eigenvalue weighted by Crippen LogP contribution is -2.59. The molecular formula is C39H55F3N6O10S. The fraction of sp³-hybridized carbons (Fsp3) is 0.692. The Morgan fingerprint density at radius 2 is 1.73 bits per heavy atom. The summed E-state index contributed by atoms with van der Waals surface area (Å²) in [5, 5.41) is 9.42. The van der Waals surface area contributed by atoms with Gasteiger partial charge >= 0.3 is 12.3 Å². The van der Waals surface area contributed by atoms with Gasteiger partial charge in [0.1, 0.15) is 23.7 Å². The number of ether oxygens (including phenoxy) is 3. The third kappa shape index (κ3) is 10.3. The number of methoxy groups -OCH3 is 1. The van der Waals surface area contributed by atoms with Crippen LogP contribution in [0.4, 0.5) is 18.0 Å². The number of halogens is 3. The molecule has 1 saturated heterocycles. The Morgan fingerprint density at radius 1 is 1.08 bits per heavy atom. The van der Waals surface area contributed by atoms with E-state index in [0.29, 0.717) is 38.5 Å². The van der Waals surface area contributed by atoms with Crippen molar-refractivity contribution in [1.29, 1.82) is 0 Å². The van der Waals surface area contributed by atoms with Crippen LogP contribution in [0.1, 0.15) is 86.5 Å². The number of hydrogen-bond donors (Lipinski definition) is 3. The summed E-state index contributed by atoms with van der Waals surface area (Å²) >= 11 is 0. The van der Waals surface area contributed by atoms with Gasteiger partial charge in [0.05, 0.1) is 35.7 Å². The van der Waals surface area contributed by atoms with Crippen molar-refractivity contribution in [2.75, 3.05) is 20.3 Å². The average molecular weight is 857 g/mol. The molecule has 328 valence electrons. The third-order valence-corrected chi connectivity index (χ3v) is 13.2. The number of likely N-dealkylation sites (tertiary alicyclic amines) is 1. The molecule has 0 bridgehead atoms. The van der Waals surface area contributed by atoms with Crippen LogP contribution in [0.25, 0.3) is 10.8 Å². The van der Waals surface area contributed by atoms with Crippen LogP contribution >= 0.6 is 0 Å². The molecule has 2 heterocycles. The van der Waals surface area contributed by atoms with Crippen molar-refractivity contribution in [2.24, 2.45) is 17.8 Å². The Labute approximate surface area is 341 Å². The molecule has 3 N–H and O–H groups in total. The van der Waals surface area contributed by atoms with E-state index in [1.165, 1.54) is 11.8 Å². The molecule has 5 rings (SSSR count). The molecule has 3 fully saturated rings. The van der Waals surface area contributed by atoms with Gasteiger partial charge in [-0.1, -0.05) is 52.7 Å². The fourth-order valence-electron chi connectivity index (χ4n) is 7.56. The minimum absolute atomic E-state index is 0.0149. The SMILES string of the molecule is CCCC(C)CC(C)C(NC(=O)OC(C)(C)C(F)(F)F)C(=O)N1CC(Oc2nn(CCOC)c(=O)c3ccccc23)CC1C(=O)NC1(C(=O)NS(=O)(=O)C2CC2)CC1C. The predicted molar refractivity (Wildman–Crippen MR) is 209 cm³/mol. The lowest BCUT2D eigenvalue weighted by atomic mass is 9.88. The second kappa shape index (κ2) is 17.6. The molecule has 7 unspecified atom stereocenters. The highest BCUT2D eigenvalue weighted by Gasteiger charge is 2.61. The number of rotatable bonds is 18. The summed E-state index contributed by atoms with van der Waals surface area (Å²) in [7, 11) is -2.51. The maximum Gasteiger partial charge on any atom is 0.427 e. The van der Waals surface area contributed by atoms with Crippen LogP contribution in [0.2, 0.25) is 0 Å². The number of nitrogens with one attached hydrogen (secondary N) is 3. The second-order valence-corrected chi connectivity index (χ2v) is 18.7. The Kier molecular flexibility index (Phi) is 13.6. The number of aromatic nitrogens is 2. The van der Waals surface area contributed by atoms with Crippen LogP contribution in [0.5, 0.6) is 5.88 Å². The first-order chi connectivity index (χ1) is 27.5. The number of fused-ring (bicyclic) bond motifs is 1. The molecule has 0 spiro atoms. The quantitative estimate of drug-likeness (QED) is 0.197. The summed E-state index contributed by atoms with van der Waals surface area (Å²) in [6.45, 7) is 8.54. The zero-order valence-corrected chi connectivity index (χ0v) is 35.2. The van der Waals surface area contributed by atoms with Crippen LogP contribution in [-0.2, 0) is 40.4 Å². The highest BCUT2D eigenvalue weighted by Crippen LogP contribution is 2.44. The zero-order valence-electron chi connectivity index (χ0n) is 34.4. The maximum atomic E-state index is 14.8. The molecule has 16 nitrogen and oxygen atoms in total. The first-order valence-corrected chi connectivity index (χ1v) is 21.5. The first kappa shape index (κ1) is 45.6. The lowest BCUT2D eigenvalue weighted by molar-refractivity contribution is -0.244. The number of amides is 4. The van der Waals surface area contributed by atoms with E-state index in [-0.39, 0.29) is 49.7 Å². The van der Waals surface area contributed by atoms with Gasteiger partial charge in [-0.25, -0.2) is 17.9 Å². The van der Waals surface area contributed by atoms with E-state index >= 15 is 0 Å². The van der Waals surface area contributed by atoms with Crippen molar-refractivity contribution >= 4 is 44.6 Å². The molecule has 4 amide bonds. The molecule has 1 aromatic heterocycles. The van der Waals surface area contributed by atoms with Gasteiger partial charge in [-0.3, -0.25) is 23.9 Å². The average Bonchev–Trinajstić information content (AvgIpc) is 4.07. The van der Waals surface area contributed by atoms with Gasteiger partial charge in [-0.2, -0.15) is 13.2 Å². The largest absolute Gasteiger partial charge is 0.471 e. The summed E-state index contributed by atoms with van der Waals surface area (Å²) in [4.78, 5) is 70.2. The molecule has 2 aliphatic carbocycles. The Bertz CT molecular complexity index is 2080. The maximum absolute atomic E-state index is 14.8. The molecule has 7 atom stereocenters. The van der Waals surface area contributed by atoms with Crippen molar-refractivity contribution in [1.82, 2.24) is 30.0 Å². The molecule has 20 heteroatoms. The van der Waals surface area contributed by atoms with Crippen molar-refractivity contribution in [2.45, 2.75) is 134 Å². The standard InChI is InChI=1S/C39H55F3N6O10S/c1-8-11-22(2)18-23(3)30(43-36(53)58-37(5,6)39(40,41)42)34(51)47-21-25(57-32-27-12-9-10-13-28(27)33(50)48(45-32)16-17-56-7)19-29(47)31(49)44-38(20-24(38)4)35(52)46-59(54,55)26-14-15-26/h9-10,12-13,22-26,29-30H,8,11,14-21H2,1-7H3,(H,43,53)(H,44,49)(H,46,52). The van der Waals surface area contributed by atoms with Crippen LogP contribution in [-0.4, -0.2) is 108 Å². The molecule has 1 aliphatic heterocycles. The minimum Gasteiger partial charge on any atom is -0.471 e. The van der Waals surface area contributed by atoms with Gasteiger partial charge in [0, 0.05) is 13.5 Å². The number of sulfonamides is 1. The number of carbonyl (C=O) groups is 4. The van der Waals surface area contributed by atoms with E-state index in [1.54, 1.807) is 38.1 Å². The predicted octanol–water partition coefficient (Wildman–Crippen LogP) is 3.79. The monoisotopic (exact) mass is 856 g/mol. The highest BCUT2D eigenvalue weighted by atomic mass is 32.2. The van der Waals surface area contributed by atoms with Crippen molar-refractivity contribution in [3.63, 3.8) is 0 Å². The topological polar surface area (TPSA) is 204 Å². The molecule has 59 heavy (non-hydrogen) atoms. The number of alkyl carbamates (subject to hydrolysis) is 1. The van der Waals surface area contributed by atoms with E-state index in [2.05, 4.69) is 20.5 Å². The van der Waals surface area contributed by atoms with Crippen LogP contribution in [0.15, 0.2) is 29.1 Å². The Hall–Kier alpha value is -4.46. The third-order valence-electron chi connectivity index (χ3n) is 11.4. The van der Waals surface area contributed by atoms with Crippen LogP contribution in [0, 0.1) is 17.8 Å². The lowest BCUT2D eigenvalue weighted by Gasteiger charge is -2.34. The minimum atomic E-state index is -4.93. The number of hydrogen-bond acceptors (Lipinski definition) is 11. The van der Waals surface area contributed by atoms with Gasteiger partial charge in [0.25, 0.3) is 11.5 Å². The van der Waals surface area contributed by atoms with E-state index in [1.807, 2.05) is 13.8 Å². The van der Waals surface area contributed by atoms with Gasteiger partial charge in [0.2, 0.25) is 33.3 Å². The normalized spacial score (nSPS) is 23.6. The smallest absolute Gasteiger partial charge is 0.427 e. The van der Waals surface area contributed by atoms with E-state index in [4.69, 9.17) is 14.2 Å². The summed E-state index contributed by atoms with van der Waals surface area (Å²) < 4.78 is 86.3. The summed E-state index contributed by atoms with van der Waals surface area (Å²) in [5.41, 5.74) is -4.91. The second-order valence-electron chi connectivity index (χ2n) is 16.7. The van der Waals surface area contributed by atoms with E-state index < -0.39 is 92.0 Å². The van der Waals surface area contributed by atoms with Crippen molar-refractivity contribution in [3.05, 3.63) is 34.6 Å². The summed E-state index contributed by atoms with van der Waals surface area (Å²) in [6, 6.07) is 3.72. The van der Waals surface area contributed by atoms with Gasteiger partial charge in [-0.15, -0.1) is 5.10 Å². The fourth-order valence-corrected chi connectivity index (χ4v) is 8.93. The number of benzene rings is 1. The number of carbonyl (C=O) groups excluding carboxylic acids is 4. The zero-order chi connectivity index (χ0) is 43.7. The highest BCUT2D eigenvalue weighted by molar-refractivity contribution is 7.91. The molecule has 0 radical (unpaired) electrons. The van der Waals surface area contributed by atoms with Crippen LogP contribution in [0.3, 0.4) is 0 Å². The van der Waals surface area contributed by atoms with E-state index in [9.17, 15) is 45.6 Å². The van der Waals surface area contributed by atoms with Crippen molar-refractivity contribution < 1.29 is 55.0 Å². The Balaban J connectivity index is 1.50. The van der Waals surface area contributed by atoms with Crippen LogP contribution < -0.4 is 25.7 Å². The molecular weight excluding hydrogens is 802 g/mol. The molecule has 1 aromatic carbocycles. The van der Waals surface area contributed by atoms with Gasteiger partial charge in [0.15, 0.2) is 0 Å². The summed E-state index contributed by atoms with van der Waals surface area (Å²) in [5.74, 6) is -3.63. The van der Waals surface area contributed by atoms with Gasteiger partial charge < -0.3 is 29.7 Å². The van der Waals surface area contributed by atoms with Gasteiger partial charge in [-0.05, 0) is 69.4 Å². The molecule has 3 aliphatic rings. The number of nitrogens with zero attached hydrogens (tertiary/aromatic N) is 3. The first-order valence-electron chi connectivity index (χ1n) is 19.9. The van der Waals surface area contributed by atoms with Crippen molar-refractivity contribution in [3.8, 4) is 5.88 Å². The molecule has 2 aromatic rings. The van der Waals surface area contributed by atoms with E-state index in [0.717, 1.165) is 17.7 Å². The summed E-state index contributed by atoms with van der Waals surface area (Å²) in [6.07, 6.45) is -4.73.